The number of aryl methyl sites for hydroxylation is 1. The average Bonchev–Trinajstić information content (AvgIpc) is 2.76. The summed E-state index contributed by atoms with van der Waals surface area (Å²) < 4.78 is 21.1. The Labute approximate surface area is 119 Å². The van der Waals surface area contributed by atoms with Gasteiger partial charge in [0.05, 0.1) is 17.1 Å². The van der Waals surface area contributed by atoms with E-state index in [1.165, 1.54) is 11.6 Å². The molecule has 1 aliphatic rings. The lowest BCUT2D eigenvalue weighted by Crippen LogP contribution is -2.30. The minimum absolute atomic E-state index is 0.160. The van der Waals surface area contributed by atoms with Crippen LogP contribution in [0.15, 0.2) is 11.3 Å². The maximum Gasteiger partial charge on any atom is 0.312 e. The summed E-state index contributed by atoms with van der Waals surface area (Å²) in [5.74, 6) is 0. The van der Waals surface area contributed by atoms with Gasteiger partial charge in [-0.25, -0.2) is 4.39 Å². The molecule has 0 amide bonds. The quantitative estimate of drug-likeness (QED) is 0.280. The van der Waals surface area contributed by atoms with Crippen LogP contribution in [0.1, 0.15) is 31.6 Å². The minimum atomic E-state index is -1.45. The number of rotatable bonds is 3. The Morgan fingerprint density at radius 2 is 2.38 bits per heavy atom. The largest absolute Gasteiger partial charge is 0.366 e. The van der Waals surface area contributed by atoms with E-state index < -0.39 is 29.3 Å². The first-order valence-electron chi connectivity index (χ1n) is 6.45. The van der Waals surface area contributed by atoms with Gasteiger partial charge in [0, 0.05) is 12.0 Å². The van der Waals surface area contributed by atoms with E-state index in [-0.39, 0.29) is 12.1 Å². The van der Waals surface area contributed by atoms with Gasteiger partial charge in [-0.2, -0.15) is 5.10 Å². The third-order valence-electron chi connectivity index (χ3n) is 3.59. The van der Waals surface area contributed by atoms with Crippen LogP contribution < -0.4 is 0 Å². The molecule has 2 heterocycles. The Kier molecular flexibility index (Phi) is 4.39. The van der Waals surface area contributed by atoms with Gasteiger partial charge in [-0.3, -0.25) is 14.8 Å². The molecule has 0 N–H and O–H groups in total. The van der Waals surface area contributed by atoms with Crippen LogP contribution in [0.3, 0.4) is 0 Å². The number of hydrogen-bond acceptors (Lipinski definition) is 5. The van der Waals surface area contributed by atoms with Crippen LogP contribution in [0.5, 0.6) is 0 Å². The molecule has 1 aromatic heterocycles. The molecule has 114 valence electrons. The first-order chi connectivity index (χ1) is 9.95. The third-order valence-corrected chi connectivity index (χ3v) is 3.59. The van der Waals surface area contributed by atoms with Gasteiger partial charge in [0.1, 0.15) is 24.2 Å². The van der Waals surface area contributed by atoms with Gasteiger partial charge in [-0.1, -0.05) is 5.11 Å². The number of ether oxygens (including phenoxy) is 1. The predicted molar refractivity (Wildman–Crippen MR) is 70.2 cm³/mol. The molecule has 0 unspecified atom stereocenters. The maximum absolute atomic E-state index is 14.1. The zero-order valence-electron chi connectivity index (χ0n) is 11.6. The molecular weight excluding hydrogens is 283 g/mol. The molecule has 10 heteroatoms. The zero-order chi connectivity index (χ0) is 15.6. The first-order valence-corrected chi connectivity index (χ1v) is 6.45. The van der Waals surface area contributed by atoms with Gasteiger partial charge >= 0.3 is 5.69 Å². The summed E-state index contributed by atoms with van der Waals surface area (Å²) in [7, 11) is 1.57. The maximum atomic E-state index is 14.1. The van der Waals surface area contributed by atoms with Gasteiger partial charge in [0.25, 0.3) is 0 Å². The second-order valence-electron chi connectivity index (χ2n) is 4.92. The van der Waals surface area contributed by atoms with Crippen LogP contribution in [-0.2, 0) is 11.8 Å². The Balaban J connectivity index is 2.32. The molecule has 0 saturated carbocycles. The summed E-state index contributed by atoms with van der Waals surface area (Å²) in [5.41, 5.74) is 8.61. The summed E-state index contributed by atoms with van der Waals surface area (Å²) in [5, 5.41) is 18.3. The summed E-state index contributed by atoms with van der Waals surface area (Å²) in [6.45, 7) is 1.52. The molecule has 4 atom stereocenters. The smallest absolute Gasteiger partial charge is 0.312 e. The lowest BCUT2D eigenvalue weighted by Gasteiger charge is -2.20. The fourth-order valence-electron chi connectivity index (χ4n) is 2.53. The van der Waals surface area contributed by atoms with E-state index >= 15 is 0 Å². The van der Waals surface area contributed by atoms with Crippen molar-refractivity contribution in [3.8, 4) is 0 Å². The second kappa shape index (κ2) is 6.06. The fourth-order valence-corrected chi connectivity index (χ4v) is 2.53. The Hall–Kier alpha value is -2.19. The van der Waals surface area contributed by atoms with Gasteiger partial charge < -0.3 is 4.74 Å². The molecule has 1 aromatic rings. The van der Waals surface area contributed by atoms with Gasteiger partial charge in [0.2, 0.25) is 0 Å². The highest BCUT2D eigenvalue weighted by Gasteiger charge is 2.37. The van der Waals surface area contributed by atoms with Crippen molar-refractivity contribution in [2.75, 3.05) is 0 Å². The zero-order valence-corrected chi connectivity index (χ0v) is 11.6. The van der Waals surface area contributed by atoms with Crippen LogP contribution in [0.2, 0.25) is 0 Å². The summed E-state index contributed by atoms with van der Waals surface area (Å²) in [4.78, 5) is 13.1. The molecule has 1 fully saturated rings. The summed E-state index contributed by atoms with van der Waals surface area (Å²) in [6.07, 6.45) is -1.23. The highest BCUT2D eigenvalue weighted by Crippen LogP contribution is 2.36. The van der Waals surface area contributed by atoms with E-state index in [1.54, 1.807) is 7.05 Å². The Morgan fingerprint density at radius 3 is 3.00 bits per heavy atom. The standard InChI is InChI=1S/C11H15FN6O3/c1-6-10(12)7(15-16-13)3-4-9(21-6)11-8(18(19)20)5-14-17(11)2/h5-7,9-10H,3-4H2,1-2H3/t6-,7+,9-,10+/m0/s1. The lowest BCUT2D eigenvalue weighted by atomic mass is 10.0. The van der Waals surface area contributed by atoms with E-state index in [9.17, 15) is 14.5 Å². The first kappa shape index (κ1) is 15.2. The van der Waals surface area contributed by atoms with Crippen LogP contribution in [0.4, 0.5) is 10.1 Å². The van der Waals surface area contributed by atoms with E-state index in [0.29, 0.717) is 12.1 Å². The van der Waals surface area contributed by atoms with E-state index in [1.807, 2.05) is 0 Å². The summed E-state index contributed by atoms with van der Waals surface area (Å²) in [6, 6.07) is -0.831. The van der Waals surface area contributed by atoms with E-state index in [2.05, 4.69) is 15.1 Å². The van der Waals surface area contributed by atoms with Crippen molar-refractivity contribution in [3.05, 3.63) is 32.4 Å². The topological polar surface area (TPSA) is 119 Å². The van der Waals surface area contributed by atoms with Gasteiger partial charge in [-0.15, -0.1) is 0 Å². The molecule has 0 bridgehead atoms. The van der Waals surface area contributed by atoms with Crippen LogP contribution in [0.25, 0.3) is 10.4 Å². The molecule has 1 aliphatic heterocycles. The van der Waals surface area contributed by atoms with Gasteiger partial charge in [0.15, 0.2) is 0 Å². The summed E-state index contributed by atoms with van der Waals surface area (Å²) >= 11 is 0. The van der Waals surface area contributed by atoms with Crippen molar-refractivity contribution >= 4 is 5.69 Å². The number of halogens is 1. The highest BCUT2D eigenvalue weighted by atomic mass is 19.1. The molecule has 0 spiro atoms. The van der Waals surface area contributed by atoms with Crippen molar-refractivity contribution in [2.45, 2.75) is 44.2 Å². The second-order valence-corrected chi connectivity index (χ2v) is 4.92. The van der Waals surface area contributed by atoms with Crippen molar-refractivity contribution in [1.82, 2.24) is 9.78 Å². The Bertz CT molecular complexity index is 585. The number of aromatic nitrogens is 2. The molecule has 0 aromatic carbocycles. The van der Waals surface area contributed by atoms with Crippen LogP contribution >= 0.6 is 0 Å². The highest BCUT2D eigenvalue weighted by molar-refractivity contribution is 5.35. The van der Waals surface area contributed by atoms with E-state index in [0.717, 1.165) is 6.20 Å². The predicted octanol–water partition coefficient (Wildman–Crippen LogP) is 2.59. The molecule has 21 heavy (non-hydrogen) atoms. The number of azide groups is 1. The normalized spacial score (nSPS) is 29.5. The molecule has 0 radical (unpaired) electrons. The van der Waals surface area contributed by atoms with Crippen molar-refractivity contribution < 1.29 is 14.1 Å². The number of alkyl halides is 1. The average molecular weight is 298 g/mol. The number of nitro groups is 1. The molecule has 1 saturated heterocycles. The van der Waals surface area contributed by atoms with Crippen molar-refractivity contribution in [3.63, 3.8) is 0 Å². The van der Waals surface area contributed by atoms with E-state index in [4.69, 9.17) is 10.3 Å². The SMILES string of the molecule is C[C@@H]1O[C@H](c2c([N+](=O)[O-])cnn2C)CC[C@@H](N=[N+]=[N-])[C@@H]1F. The monoisotopic (exact) mass is 298 g/mol. The lowest BCUT2D eigenvalue weighted by molar-refractivity contribution is -0.386. The number of nitrogens with zero attached hydrogens (tertiary/aromatic N) is 6. The number of hydrogen-bond donors (Lipinski definition) is 0. The minimum Gasteiger partial charge on any atom is -0.366 e. The van der Waals surface area contributed by atoms with Gasteiger partial charge in [-0.05, 0) is 25.3 Å². The van der Waals surface area contributed by atoms with Crippen LogP contribution in [-0.4, -0.2) is 33.0 Å². The van der Waals surface area contributed by atoms with Crippen molar-refractivity contribution in [2.24, 2.45) is 12.2 Å². The third kappa shape index (κ3) is 2.96. The van der Waals surface area contributed by atoms with Crippen molar-refractivity contribution in [1.29, 1.82) is 0 Å². The fraction of sp³-hybridized carbons (Fsp3) is 0.727. The molecule has 9 nitrogen and oxygen atoms in total. The molecule has 0 aliphatic carbocycles. The molecular formula is C11H15FN6O3. The van der Waals surface area contributed by atoms with Crippen LogP contribution in [0, 0.1) is 10.1 Å². The Morgan fingerprint density at radius 1 is 1.67 bits per heavy atom. The molecule has 2 rings (SSSR count).